The van der Waals surface area contributed by atoms with Crippen molar-refractivity contribution in [1.82, 2.24) is 14.9 Å². The molecule has 0 bridgehead atoms. The van der Waals surface area contributed by atoms with Crippen molar-refractivity contribution >= 4 is 33.3 Å². The molecule has 9 heteroatoms. The Balaban J connectivity index is 1.69. The first-order chi connectivity index (χ1) is 15.0. The Morgan fingerprint density at radius 3 is 2.77 bits per heavy atom. The van der Waals surface area contributed by atoms with Gasteiger partial charge >= 0.3 is 5.97 Å². The number of aromatic nitrogens is 2. The number of ether oxygens (including phenoxy) is 3. The summed E-state index contributed by atoms with van der Waals surface area (Å²) in [7, 11) is 1.43. The van der Waals surface area contributed by atoms with E-state index in [2.05, 4.69) is 23.6 Å². The first-order valence-corrected chi connectivity index (χ1v) is 11.9. The molecule has 2 aliphatic heterocycles. The van der Waals surface area contributed by atoms with Gasteiger partial charge in [-0.05, 0) is 32.3 Å². The third-order valence-corrected chi connectivity index (χ3v) is 7.19. The number of rotatable bonds is 8. The van der Waals surface area contributed by atoms with E-state index in [4.69, 9.17) is 24.2 Å². The molecule has 2 fully saturated rings. The summed E-state index contributed by atoms with van der Waals surface area (Å²) >= 11 is 1.71. The fourth-order valence-corrected chi connectivity index (χ4v) is 5.22. The summed E-state index contributed by atoms with van der Waals surface area (Å²) in [5.41, 5.74) is 1.21. The highest BCUT2D eigenvalue weighted by Gasteiger charge is 2.25. The molecule has 0 spiro atoms. The molecule has 0 unspecified atom stereocenters. The van der Waals surface area contributed by atoms with Crippen LogP contribution in [0, 0.1) is 13.8 Å². The lowest BCUT2D eigenvalue weighted by Crippen LogP contribution is -2.37. The topological polar surface area (TPSA) is 77.0 Å². The van der Waals surface area contributed by atoms with Gasteiger partial charge in [-0.25, -0.2) is 9.97 Å². The van der Waals surface area contributed by atoms with Crippen LogP contribution in [0.2, 0.25) is 0 Å². The molecule has 2 aliphatic rings. The SMILES string of the molecule is COC(=O)CCN(C[C@H]1CCCO1)c1nc(CN2CCOCC2)nc2sc(C)c(C)c12. The van der Waals surface area contributed by atoms with E-state index in [1.54, 1.807) is 11.3 Å². The van der Waals surface area contributed by atoms with Crippen LogP contribution in [0.5, 0.6) is 0 Å². The van der Waals surface area contributed by atoms with Crippen LogP contribution >= 0.6 is 11.3 Å². The standard InChI is InChI=1S/C22H32N4O4S/c1-15-16(2)31-22-20(15)21(23-18(24-22)14-25-8-11-29-12-9-25)26(7-6-19(27)28-3)13-17-5-4-10-30-17/h17H,4-14H2,1-3H3/t17-/m1/s1. The minimum absolute atomic E-state index is 0.158. The second kappa shape index (κ2) is 10.2. The second-order valence-electron chi connectivity index (χ2n) is 8.22. The Labute approximate surface area is 187 Å². The predicted molar refractivity (Wildman–Crippen MR) is 121 cm³/mol. The van der Waals surface area contributed by atoms with Crippen LogP contribution in [0.15, 0.2) is 0 Å². The predicted octanol–water partition coefficient (Wildman–Crippen LogP) is 2.69. The molecule has 2 aromatic rings. The van der Waals surface area contributed by atoms with E-state index < -0.39 is 0 Å². The van der Waals surface area contributed by atoms with Crippen LogP contribution in [-0.4, -0.2) is 80.1 Å². The molecular formula is C22H32N4O4S. The maximum absolute atomic E-state index is 11.9. The number of aryl methyl sites for hydroxylation is 2. The van der Waals surface area contributed by atoms with Gasteiger partial charge in [-0.15, -0.1) is 11.3 Å². The average Bonchev–Trinajstić information content (AvgIpc) is 3.39. The molecule has 4 heterocycles. The highest BCUT2D eigenvalue weighted by Crippen LogP contribution is 2.36. The second-order valence-corrected chi connectivity index (χ2v) is 9.43. The number of hydrogen-bond acceptors (Lipinski definition) is 9. The lowest BCUT2D eigenvalue weighted by atomic mass is 10.1. The number of esters is 1. The number of hydrogen-bond donors (Lipinski definition) is 0. The summed E-state index contributed by atoms with van der Waals surface area (Å²) in [4.78, 5) is 28.7. The van der Waals surface area contributed by atoms with Gasteiger partial charge in [0.05, 0.1) is 44.8 Å². The summed E-state index contributed by atoms with van der Waals surface area (Å²) < 4.78 is 16.3. The first-order valence-electron chi connectivity index (χ1n) is 11.0. The van der Waals surface area contributed by atoms with Gasteiger partial charge in [-0.2, -0.15) is 0 Å². The molecule has 0 aromatic carbocycles. The quantitative estimate of drug-likeness (QED) is 0.571. The van der Waals surface area contributed by atoms with Gasteiger partial charge in [0.15, 0.2) is 0 Å². The molecule has 1 atom stereocenters. The molecule has 4 rings (SSSR count). The summed E-state index contributed by atoms with van der Waals surface area (Å²) in [5, 5.41) is 1.09. The third-order valence-electron chi connectivity index (χ3n) is 6.09. The Hall–Kier alpha value is -1.81. The van der Waals surface area contributed by atoms with E-state index in [0.717, 1.165) is 67.6 Å². The number of nitrogens with zero attached hydrogens (tertiary/aromatic N) is 4. The van der Waals surface area contributed by atoms with Crippen molar-refractivity contribution in [3.63, 3.8) is 0 Å². The number of carbonyl (C=O) groups is 1. The zero-order chi connectivity index (χ0) is 21.8. The van der Waals surface area contributed by atoms with Crippen molar-refractivity contribution in [2.24, 2.45) is 0 Å². The van der Waals surface area contributed by atoms with Crippen molar-refractivity contribution in [1.29, 1.82) is 0 Å². The Bertz CT molecular complexity index is 907. The van der Waals surface area contributed by atoms with E-state index in [1.165, 1.54) is 17.6 Å². The molecule has 8 nitrogen and oxygen atoms in total. The zero-order valence-electron chi connectivity index (χ0n) is 18.7. The molecule has 0 radical (unpaired) electrons. The van der Waals surface area contributed by atoms with Crippen LogP contribution in [0.3, 0.4) is 0 Å². The minimum atomic E-state index is -0.214. The van der Waals surface area contributed by atoms with Crippen molar-refractivity contribution in [3.8, 4) is 0 Å². The zero-order valence-corrected chi connectivity index (χ0v) is 19.5. The maximum atomic E-state index is 11.9. The Kier molecular flexibility index (Phi) is 7.37. The van der Waals surface area contributed by atoms with Crippen molar-refractivity contribution < 1.29 is 19.0 Å². The number of thiophene rings is 1. The number of carbonyl (C=O) groups excluding carboxylic acids is 1. The maximum Gasteiger partial charge on any atom is 0.307 e. The summed E-state index contributed by atoms with van der Waals surface area (Å²) in [6, 6.07) is 0. The van der Waals surface area contributed by atoms with E-state index >= 15 is 0 Å². The van der Waals surface area contributed by atoms with Crippen molar-refractivity contribution in [2.45, 2.75) is 45.8 Å². The molecule has 0 saturated carbocycles. The van der Waals surface area contributed by atoms with Crippen LogP contribution in [0.25, 0.3) is 10.2 Å². The van der Waals surface area contributed by atoms with E-state index in [0.29, 0.717) is 26.1 Å². The fraction of sp³-hybridized carbons (Fsp3) is 0.682. The average molecular weight is 449 g/mol. The van der Waals surface area contributed by atoms with Crippen molar-refractivity contribution in [3.05, 3.63) is 16.3 Å². The van der Waals surface area contributed by atoms with E-state index in [9.17, 15) is 4.79 Å². The number of methoxy groups -OCH3 is 1. The van der Waals surface area contributed by atoms with Gasteiger partial charge < -0.3 is 19.1 Å². The van der Waals surface area contributed by atoms with Crippen LogP contribution in [0.1, 0.15) is 35.5 Å². The number of fused-ring (bicyclic) bond motifs is 1. The number of anilines is 1. The fourth-order valence-electron chi connectivity index (χ4n) is 4.18. The summed E-state index contributed by atoms with van der Waals surface area (Å²) in [6.45, 7) is 10.3. The van der Waals surface area contributed by atoms with E-state index in [1.807, 2.05) is 0 Å². The van der Waals surface area contributed by atoms with Gasteiger partial charge in [0, 0.05) is 37.7 Å². The minimum Gasteiger partial charge on any atom is -0.469 e. The Morgan fingerprint density at radius 2 is 2.06 bits per heavy atom. The van der Waals surface area contributed by atoms with Gasteiger partial charge in [-0.3, -0.25) is 9.69 Å². The van der Waals surface area contributed by atoms with Gasteiger partial charge in [-0.1, -0.05) is 0 Å². The van der Waals surface area contributed by atoms with Crippen LogP contribution in [-0.2, 0) is 25.5 Å². The van der Waals surface area contributed by atoms with Gasteiger partial charge in [0.25, 0.3) is 0 Å². The Morgan fingerprint density at radius 1 is 1.26 bits per heavy atom. The molecule has 31 heavy (non-hydrogen) atoms. The number of morpholine rings is 1. The van der Waals surface area contributed by atoms with E-state index in [-0.39, 0.29) is 12.1 Å². The van der Waals surface area contributed by atoms with Gasteiger partial charge in [0.2, 0.25) is 0 Å². The van der Waals surface area contributed by atoms with Crippen LogP contribution in [0.4, 0.5) is 5.82 Å². The molecule has 0 amide bonds. The first kappa shape index (κ1) is 22.4. The molecule has 0 N–H and O–H groups in total. The smallest absolute Gasteiger partial charge is 0.307 e. The third kappa shape index (κ3) is 5.34. The summed E-state index contributed by atoms with van der Waals surface area (Å²) in [6.07, 6.45) is 2.58. The molecule has 170 valence electrons. The van der Waals surface area contributed by atoms with Gasteiger partial charge in [0.1, 0.15) is 16.5 Å². The molecule has 2 saturated heterocycles. The highest BCUT2D eigenvalue weighted by atomic mass is 32.1. The monoisotopic (exact) mass is 448 g/mol. The molecular weight excluding hydrogens is 416 g/mol. The highest BCUT2D eigenvalue weighted by molar-refractivity contribution is 7.18. The summed E-state index contributed by atoms with van der Waals surface area (Å²) in [5.74, 6) is 1.52. The molecule has 2 aromatic heterocycles. The lowest BCUT2D eigenvalue weighted by molar-refractivity contribution is -0.140. The largest absolute Gasteiger partial charge is 0.469 e. The normalized spacial score (nSPS) is 19.8. The molecule has 0 aliphatic carbocycles. The van der Waals surface area contributed by atoms with Crippen molar-refractivity contribution in [2.75, 3.05) is 58.0 Å². The lowest BCUT2D eigenvalue weighted by Gasteiger charge is -2.29. The van der Waals surface area contributed by atoms with Crippen LogP contribution < -0.4 is 4.90 Å².